The van der Waals surface area contributed by atoms with Crippen molar-refractivity contribution in [3.05, 3.63) is 82.3 Å². The molecule has 0 unspecified atom stereocenters. The van der Waals surface area contributed by atoms with Crippen molar-refractivity contribution in [1.29, 1.82) is 5.26 Å². The summed E-state index contributed by atoms with van der Waals surface area (Å²) in [5.74, 6) is 0.810. The second-order valence-corrected chi connectivity index (χ2v) is 7.60. The average molecular weight is 406 g/mol. The first-order valence-corrected chi connectivity index (χ1v) is 9.87. The maximum Gasteiger partial charge on any atom is 0.134 e. The van der Waals surface area contributed by atoms with Crippen LogP contribution in [0, 0.1) is 18.3 Å². The fraction of sp³-hybridized carbons (Fsp3) is 0.261. The normalized spacial score (nSPS) is 14.2. The van der Waals surface area contributed by atoms with Crippen LogP contribution in [-0.4, -0.2) is 23.1 Å². The summed E-state index contributed by atoms with van der Waals surface area (Å²) >= 11 is 5.91. The molecule has 0 bridgehead atoms. The zero-order valence-electron chi connectivity index (χ0n) is 16.7. The second kappa shape index (κ2) is 9.40. The van der Waals surface area contributed by atoms with Gasteiger partial charge < -0.3 is 10.2 Å². The number of benzene rings is 1. The lowest BCUT2D eigenvalue weighted by atomic mass is 10.0. The minimum absolute atomic E-state index is 0.585. The third kappa shape index (κ3) is 5.04. The van der Waals surface area contributed by atoms with Crippen LogP contribution in [0.1, 0.15) is 29.3 Å². The molecular formula is C23H24ClN5. The van der Waals surface area contributed by atoms with Gasteiger partial charge in [-0.25, -0.2) is 9.97 Å². The van der Waals surface area contributed by atoms with E-state index in [1.54, 1.807) is 12.4 Å². The maximum absolute atomic E-state index is 9.54. The van der Waals surface area contributed by atoms with Gasteiger partial charge in [0.25, 0.3) is 0 Å². The molecular weight excluding hydrogens is 382 g/mol. The van der Waals surface area contributed by atoms with E-state index in [-0.39, 0.29) is 0 Å². The Morgan fingerprint density at radius 3 is 2.93 bits per heavy atom. The lowest BCUT2D eigenvalue weighted by molar-refractivity contribution is 0.706. The molecule has 29 heavy (non-hydrogen) atoms. The molecule has 0 atom stereocenters. The van der Waals surface area contributed by atoms with Crippen molar-refractivity contribution in [2.75, 3.05) is 23.3 Å². The summed E-state index contributed by atoms with van der Waals surface area (Å²) in [4.78, 5) is 11.1. The molecule has 1 N–H and O–H groups in total. The van der Waals surface area contributed by atoms with E-state index >= 15 is 0 Å². The lowest BCUT2D eigenvalue weighted by Crippen LogP contribution is -2.32. The average Bonchev–Trinajstić information content (AvgIpc) is 2.73. The van der Waals surface area contributed by atoms with Crippen molar-refractivity contribution in [1.82, 2.24) is 9.97 Å². The molecule has 1 aromatic heterocycles. The summed E-state index contributed by atoms with van der Waals surface area (Å²) in [5.41, 5.74) is 5.85. The van der Waals surface area contributed by atoms with E-state index in [1.807, 2.05) is 44.2 Å². The topological polar surface area (TPSA) is 64.8 Å². The maximum atomic E-state index is 9.54. The van der Waals surface area contributed by atoms with Gasteiger partial charge in [0.2, 0.25) is 0 Å². The summed E-state index contributed by atoms with van der Waals surface area (Å²) in [6, 6.07) is 8.31. The minimum atomic E-state index is 0.585. The van der Waals surface area contributed by atoms with Crippen LogP contribution in [0.2, 0.25) is 0 Å². The molecule has 2 aromatic rings. The number of aryl methyl sites for hydroxylation is 1. The van der Waals surface area contributed by atoms with E-state index < -0.39 is 0 Å². The molecule has 2 heterocycles. The van der Waals surface area contributed by atoms with Crippen molar-refractivity contribution >= 4 is 23.1 Å². The summed E-state index contributed by atoms with van der Waals surface area (Å²) in [6.45, 7) is 9.76. The van der Waals surface area contributed by atoms with Crippen molar-refractivity contribution in [3.8, 4) is 6.07 Å². The van der Waals surface area contributed by atoms with Gasteiger partial charge in [0.1, 0.15) is 18.2 Å². The first-order chi connectivity index (χ1) is 14.0. The smallest absolute Gasteiger partial charge is 0.134 e. The van der Waals surface area contributed by atoms with Gasteiger partial charge >= 0.3 is 0 Å². The van der Waals surface area contributed by atoms with E-state index in [1.165, 1.54) is 0 Å². The van der Waals surface area contributed by atoms with E-state index in [2.05, 4.69) is 32.8 Å². The largest absolute Gasteiger partial charge is 0.366 e. The van der Waals surface area contributed by atoms with Crippen LogP contribution < -0.4 is 10.2 Å². The predicted molar refractivity (Wildman–Crippen MR) is 119 cm³/mol. The fourth-order valence-electron chi connectivity index (χ4n) is 3.32. The van der Waals surface area contributed by atoms with Gasteiger partial charge in [0.15, 0.2) is 0 Å². The number of nitriles is 1. The monoisotopic (exact) mass is 405 g/mol. The number of anilines is 2. The highest BCUT2D eigenvalue weighted by Gasteiger charge is 2.23. The highest BCUT2D eigenvalue weighted by Crippen LogP contribution is 2.29. The van der Waals surface area contributed by atoms with Crippen LogP contribution in [0.25, 0.3) is 0 Å². The van der Waals surface area contributed by atoms with Crippen molar-refractivity contribution in [2.45, 2.75) is 26.8 Å². The Hall–Kier alpha value is -3.10. The molecule has 0 spiro atoms. The number of halogens is 1. The quantitative estimate of drug-likeness (QED) is 0.693. The Morgan fingerprint density at radius 1 is 1.38 bits per heavy atom. The Bertz CT molecular complexity index is 1010. The SMILES string of the molecule is C=C/C(=C\C=C(/C)Cl)CNc1ncnc2c1CN(c1ccc(C)cc1C#N)CC2. The zero-order chi connectivity index (χ0) is 20.8. The lowest BCUT2D eigenvalue weighted by Gasteiger charge is -2.31. The standard InChI is InChI=1S/C23H24ClN5/c1-4-18(7-6-17(3)24)13-26-23-20-14-29(10-9-21(20)27-15-28-23)22-8-5-16(2)11-19(22)12-25/h4-8,11,15H,1,9-10,13-14H2,2-3H3,(H,26,27,28)/b17-6+,18-7+. The number of hydrogen-bond donors (Lipinski definition) is 1. The summed E-state index contributed by atoms with van der Waals surface area (Å²) < 4.78 is 0. The van der Waals surface area contributed by atoms with E-state index in [0.717, 1.165) is 46.9 Å². The van der Waals surface area contributed by atoms with Crippen molar-refractivity contribution in [2.24, 2.45) is 0 Å². The minimum Gasteiger partial charge on any atom is -0.366 e. The van der Waals surface area contributed by atoms with Crippen LogP contribution in [0.3, 0.4) is 0 Å². The molecule has 0 saturated carbocycles. The molecule has 0 saturated heterocycles. The highest BCUT2D eigenvalue weighted by atomic mass is 35.5. The Kier molecular flexibility index (Phi) is 6.69. The molecule has 1 aromatic carbocycles. The molecule has 148 valence electrons. The van der Waals surface area contributed by atoms with Crippen molar-refractivity contribution in [3.63, 3.8) is 0 Å². The summed E-state index contributed by atoms with van der Waals surface area (Å²) in [6.07, 6.45) is 7.99. The van der Waals surface area contributed by atoms with Crippen LogP contribution in [-0.2, 0) is 13.0 Å². The third-order valence-electron chi connectivity index (χ3n) is 4.86. The predicted octanol–water partition coefficient (Wildman–Crippen LogP) is 4.89. The number of allylic oxidation sites excluding steroid dienone is 3. The highest BCUT2D eigenvalue weighted by molar-refractivity contribution is 6.29. The molecule has 0 radical (unpaired) electrons. The third-order valence-corrected chi connectivity index (χ3v) is 4.99. The Balaban J connectivity index is 1.84. The van der Waals surface area contributed by atoms with Gasteiger partial charge in [0, 0.05) is 36.7 Å². The fourth-order valence-corrected chi connectivity index (χ4v) is 3.38. The number of nitrogens with one attached hydrogen (secondary N) is 1. The van der Waals surface area contributed by atoms with Gasteiger partial charge in [-0.3, -0.25) is 0 Å². The van der Waals surface area contributed by atoms with Gasteiger partial charge in [0.05, 0.1) is 16.9 Å². The van der Waals surface area contributed by atoms with Gasteiger partial charge in [-0.05, 0) is 43.2 Å². The van der Waals surface area contributed by atoms with Crippen LogP contribution in [0.4, 0.5) is 11.5 Å². The molecule has 6 heteroatoms. The molecule has 3 rings (SSSR count). The number of rotatable bonds is 6. The Morgan fingerprint density at radius 2 is 2.21 bits per heavy atom. The number of hydrogen-bond acceptors (Lipinski definition) is 5. The molecule has 0 aliphatic carbocycles. The van der Waals surface area contributed by atoms with Crippen molar-refractivity contribution < 1.29 is 0 Å². The van der Waals surface area contributed by atoms with E-state index in [9.17, 15) is 5.26 Å². The molecule has 5 nitrogen and oxygen atoms in total. The summed E-state index contributed by atoms with van der Waals surface area (Å²) in [5, 5.41) is 13.7. The van der Waals surface area contributed by atoms with Crippen LogP contribution in [0.5, 0.6) is 0 Å². The molecule has 0 fully saturated rings. The van der Waals surface area contributed by atoms with Gasteiger partial charge in [-0.15, -0.1) is 0 Å². The van der Waals surface area contributed by atoms with Gasteiger partial charge in [-0.1, -0.05) is 36.4 Å². The number of fused-ring (bicyclic) bond motifs is 1. The molecule has 0 amide bonds. The number of nitrogens with zero attached hydrogens (tertiary/aromatic N) is 4. The zero-order valence-corrected chi connectivity index (χ0v) is 17.5. The molecule has 1 aliphatic heterocycles. The second-order valence-electron chi connectivity index (χ2n) is 7.00. The first kappa shape index (κ1) is 20.6. The molecule has 1 aliphatic rings. The van der Waals surface area contributed by atoms with E-state index in [4.69, 9.17) is 11.6 Å². The number of aromatic nitrogens is 2. The van der Waals surface area contributed by atoms with Crippen LogP contribution >= 0.6 is 11.6 Å². The van der Waals surface area contributed by atoms with Gasteiger partial charge in [-0.2, -0.15) is 5.26 Å². The first-order valence-electron chi connectivity index (χ1n) is 9.49. The Labute approximate surface area is 177 Å². The van der Waals surface area contributed by atoms with E-state index in [0.29, 0.717) is 23.7 Å². The summed E-state index contributed by atoms with van der Waals surface area (Å²) in [7, 11) is 0. The van der Waals surface area contributed by atoms with Crippen LogP contribution in [0.15, 0.2) is 59.9 Å².